The minimum Gasteiger partial charge on any atom is -0.507 e. The second-order valence-electron chi connectivity index (χ2n) is 3.30. The van der Waals surface area contributed by atoms with Gasteiger partial charge < -0.3 is 15.6 Å². The van der Waals surface area contributed by atoms with Gasteiger partial charge in [-0.05, 0) is 19.1 Å². The molecule has 0 amide bonds. The van der Waals surface area contributed by atoms with Crippen molar-refractivity contribution in [1.82, 2.24) is 0 Å². The smallest absolute Gasteiger partial charge is 0.180 e. The zero-order chi connectivity index (χ0) is 12.1. The quantitative estimate of drug-likeness (QED) is 0.709. The minimum absolute atomic E-state index is 0.0659. The van der Waals surface area contributed by atoms with Crippen molar-refractivity contribution in [3.63, 3.8) is 0 Å². The summed E-state index contributed by atoms with van der Waals surface area (Å²) in [7, 11) is 0. The number of carbonyl (C=O) groups excluding carboxylic acids is 2. The van der Waals surface area contributed by atoms with Crippen molar-refractivity contribution >= 4 is 11.6 Å². The summed E-state index contributed by atoms with van der Waals surface area (Å²) in [6.07, 6.45) is 0. The van der Waals surface area contributed by atoms with E-state index >= 15 is 0 Å². The molecule has 5 nitrogen and oxygen atoms in total. The number of benzene rings is 1. The number of aromatic hydroxyl groups is 1. The summed E-state index contributed by atoms with van der Waals surface area (Å²) < 4.78 is 5.06. The summed E-state index contributed by atoms with van der Waals surface area (Å²) in [5, 5.41) is 9.52. The highest BCUT2D eigenvalue weighted by Crippen LogP contribution is 2.23. The molecule has 5 heteroatoms. The van der Waals surface area contributed by atoms with Crippen molar-refractivity contribution < 1.29 is 19.4 Å². The lowest BCUT2D eigenvalue weighted by molar-refractivity contribution is -0.118. The molecule has 0 aliphatic heterocycles. The molecule has 0 aromatic heterocycles. The van der Waals surface area contributed by atoms with Gasteiger partial charge >= 0.3 is 0 Å². The van der Waals surface area contributed by atoms with Gasteiger partial charge in [-0.2, -0.15) is 0 Å². The second-order valence-corrected chi connectivity index (χ2v) is 3.30. The maximum atomic E-state index is 11.2. The molecule has 86 valence electrons. The van der Waals surface area contributed by atoms with Gasteiger partial charge in [0.2, 0.25) is 0 Å². The third kappa shape index (κ3) is 3.06. The molecule has 0 saturated carbocycles. The largest absolute Gasteiger partial charge is 0.507 e. The van der Waals surface area contributed by atoms with E-state index in [0.717, 1.165) is 0 Å². The number of Topliss-reactive ketones (excluding diaryl/α,β-unsaturated/α-hetero) is 2. The van der Waals surface area contributed by atoms with Gasteiger partial charge in [-0.15, -0.1) is 0 Å². The van der Waals surface area contributed by atoms with E-state index in [0.29, 0.717) is 5.75 Å². The van der Waals surface area contributed by atoms with E-state index in [9.17, 15) is 14.7 Å². The van der Waals surface area contributed by atoms with Gasteiger partial charge in [0, 0.05) is 6.07 Å². The molecule has 0 radical (unpaired) electrons. The first kappa shape index (κ1) is 12.2. The molecule has 0 bridgehead atoms. The number of hydrogen-bond acceptors (Lipinski definition) is 5. The minimum atomic E-state index is -0.351. The summed E-state index contributed by atoms with van der Waals surface area (Å²) in [6.45, 7) is 1.16. The van der Waals surface area contributed by atoms with E-state index in [1.165, 1.54) is 25.1 Å². The average molecular weight is 223 g/mol. The maximum Gasteiger partial charge on any atom is 0.180 e. The molecule has 1 aromatic carbocycles. The Morgan fingerprint density at radius 2 is 2.12 bits per heavy atom. The Labute approximate surface area is 92.8 Å². The van der Waals surface area contributed by atoms with E-state index in [1.807, 2.05) is 0 Å². The summed E-state index contributed by atoms with van der Waals surface area (Å²) in [4.78, 5) is 21.9. The SMILES string of the molecule is CC(=O)COc1ccc(C(=O)CN)c(O)c1. The van der Waals surface area contributed by atoms with Crippen molar-refractivity contribution in [2.45, 2.75) is 6.92 Å². The summed E-state index contributed by atoms with van der Waals surface area (Å²) in [6, 6.07) is 4.21. The number of ketones is 2. The van der Waals surface area contributed by atoms with Crippen molar-refractivity contribution in [3.05, 3.63) is 23.8 Å². The normalized spacial score (nSPS) is 9.88. The molecular formula is C11H13NO4. The third-order valence-corrected chi connectivity index (χ3v) is 1.90. The van der Waals surface area contributed by atoms with Gasteiger partial charge in [0.05, 0.1) is 12.1 Å². The predicted octanol–water partition coefficient (Wildman–Crippen LogP) is 0.501. The fourth-order valence-electron chi connectivity index (χ4n) is 1.13. The molecule has 0 heterocycles. The first-order chi connectivity index (χ1) is 7.54. The molecule has 0 fully saturated rings. The molecule has 3 N–H and O–H groups in total. The highest BCUT2D eigenvalue weighted by atomic mass is 16.5. The Bertz CT molecular complexity index is 414. The molecule has 0 aliphatic carbocycles. The van der Waals surface area contributed by atoms with E-state index in [-0.39, 0.29) is 36.0 Å². The van der Waals surface area contributed by atoms with Gasteiger partial charge in [0.1, 0.15) is 18.1 Å². The van der Waals surface area contributed by atoms with Crippen LogP contribution in [0.2, 0.25) is 0 Å². The molecule has 1 aromatic rings. The van der Waals surface area contributed by atoms with Crippen molar-refractivity contribution in [2.75, 3.05) is 13.2 Å². The number of ether oxygens (including phenoxy) is 1. The topological polar surface area (TPSA) is 89.6 Å². The molecule has 0 spiro atoms. The molecule has 0 saturated heterocycles. The molecule has 0 aliphatic rings. The lowest BCUT2D eigenvalue weighted by Gasteiger charge is -2.06. The van der Waals surface area contributed by atoms with Crippen molar-refractivity contribution in [2.24, 2.45) is 5.73 Å². The standard InChI is InChI=1S/C11H13NO4/c1-7(13)6-16-8-2-3-9(10(14)4-8)11(15)5-12/h2-4,14H,5-6,12H2,1H3. The van der Waals surface area contributed by atoms with E-state index < -0.39 is 0 Å². The van der Waals surface area contributed by atoms with E-state index in [2.05, 4.69) is 0 Å². The summed E-state index contributed by atoms with van der Waals surface area (Å²) >= 11 is 0. The van der Waals surface area contributed by atoms with Gasteiger partial charge in [0.25, 0.3) is 0 Å². The summed E-state index contributed by atoms with van der Waals surface area (Å²) in [5.41, 5.74) is 5.32. The summed E-state index contributed by atoms with van der Waals surface area (Å²) in [5.74, 6) is -0.338. The van der Waals surface area contributed by atoms with E-state index in [4.69, 9.17) is 10.5 Å². The van der Waals surface area contributed by atoms with Crippen LogP contribution in [0.25, 0.3) is 0 Å². The van der Waals surface area contributed by atoms with Crippen LogP contribution in [0.15, 0.2) is 18.2 Å². The molecule has 0 unspecified atom stereocenters. The van der Waals surface area contributed by atoms with Crippen molar-refractivity contribution in [1.29, 1.82) is 0 Å². The fraction of sp³-hybridized carbons (Fsp3) is 0.273. The number of nitrogens with two attached hydrogens (primary N) is 1. The highest BCUT2D eigenvalue weighted by Gasteiger charge is 2.10. The number of rotatable bonds is 5. The van der Waals surface area contributed by atoms with Crippen LogP contribution in [0.3, 0.4) is 0 Å². The molecule has 16 heavy (non-hydrogen) atoms. The number of carbonyl (C=O) groups is 2. The van der Waals surface area contributed by atoms with Crippen LogP contribution in [0.4, 0.5) is 0 Å². The van der Waals surface area contributed by atoms with Crippen LogP contribution < -0.4 is 10.5 Å². The first-order valence-corrected chi connectivity index (χ1v) is 4.73. The van der Waals surface area contributed by atoms with Crippen LogP contribution in [-0.2, 0) is 4.79 Å². The second kappa shape index (κ2) is 5.27. The first-order valence-electron chi connectivity index (χ1n) is 4.73. The Morgan fingerprint density at radius 3 is 2.62 bits per heavy atom. The average Bonchev–Trinajstić information content (AvgIpc) is 2.25. The van der Waals surface area contributed by atoms with Gasteiger partial charge in [-0.1, -0.05) is 0 Å². The van der Waals surface area contributed by atoms with Crippen LogP contribution in [0, 0.1) is 0 Å². The zero-order valence-corrected chi connectivity index (χ0v) is 8.90. The number of hydrogen-bond donors (Lipinski definition) is 2. The Hall–Kier alpha value is -1.88. The predicted molar refractivity (Wildman–Crippen MR) is 57.7 cm³/mol. The van der Waals surface area contributed by atoms with Gasteiger partial charge in [-0.25, -0.2) is 0 Å². The highest BCUT2D eigenvalue weighted by molar-refractivity contribution is 6.00. The molecular weight excluding hydrogens is 210 g/mol. The van der Waals surface area contributed by atoms with Crippen LogP contribution in [0.5, 0.6) is 11.5 Å². The Morgan fingerprint density at radius 1 is 1.44 bits per heavy atom. The monoisotopic (exact) mass is 223 g/mol. The Balaban J connectivity index is 2.82. The lowest BCUT2D eigenvalue weighted by atomic mass is 10.1. The van der Waals surface area contributed by atoms with Crippen LogP contribution in [-0.4, -0.2) is 29.8 Å². The van der Waals surface area contributed by atoms with Gasteiger partial charge in [0.15, 0.2) is 11.6 Å². The van der Waals surface area contributed by atoms with Crippen LogP contribution >= 0.6 is 0 Å². The van der Waals surface area contributed by atoms with Crippen molar-refractivity contribution in [3.8, 4) is 11.5 Å². The molecule has 0 atom stereocenters. The van der Waals surface area contributed by atoms with E-state index in [1.54, 1.807) is 0 Å². The van der Waals surface area contributed by atoms with Crippen LogP contribution in [0.1, 0.15) is 17.3 Å². The Kier molecular flexibility index (Phi) is 4.02. The fourth-order valence-corrected chi connectivity index (χ4v) is 1.13. The lowest BCUT2D eigenvalue weighted by Crippen LogP contribution is -2.13. The number of phenols is 1. The number of phenolic OH excluding ortho intramolecular Hbond substituents is 1. The molecule has 1 rings (SSSR count). The van der Waals surface area contributed by atoms with Gasteiger partial charge in [-0.3, -0.25) is 9.59 Å². The maximum absolute atomic E-state index is 11.2. The third-order valence-electron chi connectivity index (χ3n) is 1.90. The zero-order valence-electron chi connectivity index (χ0n) is 8.90.